The second-order valence-corrected chi connectivity index (χ2v) is 8.34. The van der Waals surface area contributed by atoms with E-state index in [1.165, 1.54) is 17.0 Å². The quantitative estimate of drug-likeness (QED) is 0.724. The van der Waals surface area contributed by atoms with Crippen molar-refractivity contribution in [2.24, 2.45) is 0 Å². The van der Waals surface area contributed by atoms with Gasteiger partial charge in [0.05, 0.1) is 17.9 Å². The van der Waals surface area contributed by atoms with Gasteiger partial charge in [0.2, 0.25) is 21.8 Å². The van der Waals surface area contributed by atoms with Crippen LogP contribution in [-0.4, -0.2) is 68.4 Å². The standard InChI is InChI=1S/C17H21N3O6S/c1-19-7-9-26-14-6-5-12(11-13(14)17(19)23)18-27(24,25)10-8-20-15(21)3-2-4-16(20)22/h5-6,11,18H,2-4,7-10H2,1H3. The number of hydrogen-bond donors (Lipinski definition) is 1. The normalized spacial score (nSPS) is 18.0. The Hall–Kier alpha value is -2.62. The lowest BCUT2D eigenvalue weighted by molar-refractivity contribution is -0.147. The molecule has 2 aliphatic heterocycles. The lowest BCUT2D eigenvalue weighted by atomic mass is 10.1. The fraction of sp³-hybridized carbons (Fsp3) is 0.471. The van der Waals surface area contributed by atoms with Gasteiger partial charge in [-0.2, -0.15) is 0 Å². The second kappa shape index (κ2) is 7.55. The van der Waals surface area contributed by atoms with E-state index in [1.807, 2.05) is 0 Å². The van der Waals surface area contributed by atoms with Gasteiger partial charge in [0.25, 0.3) is 5.91 Å². The number of nitrogens with zero attached hydrogens (tertiary/aromatic N) is 2. The summed E-state index contributed by atoms with van der Waals surface area (Å²) in [4.78, 5) is 38.4. The molecule has 0 aliphatic carbocycles. The minimum atomic E-state index is -3.81. The molecule has 0 bridgehead atoms. The number of anilines is 1. The van der Waals surface area contributed by atoms with E-state index in [1.54, 1.807) is 13.1 Å². The summed E-state index contributed by atoms with van der Waals surface area (Å²) in [6, 6.07) is 4.47. The maximum Gasteiger partial charge on any atom is 0.257 e. The van der Waals surface area contributed by atoms with Gasteiger partial charge >= 0.3 is 0 Å². The van der Waals surface area contributed by atoms with Crippen LogP contribution in [0.1, 0.15) is 29.6 Å². The summed E-state index contributed by atoms with van der Waals surface area (Å²) in [5.41, 5.74) is 0.494. The van der Waals surface area contributed by atoms with E-state index in [-0.39, 0.29) is 48.4 Å². The number of likely N-dealkylation sites (N-methyl/N-ethyl adjacent to an activating group) is 1. The number of amides is 3. The molecule has 146 valence electrons. The van der Waals surface area contributed by atoms with Crippen molar-refractivity contribution in [3.63, 3.8) is 0 Å². The second-order valence-electron chi connectivity index (χ2n) is 6.50. The van der Waals surface area contributed by atoms with Crippen LogP contribution in [0, 0.1) is 0 Å². The van der Waals surface area contributed by atoms with Gasteiger partial charge < -0.3 is 9.64 Å². The molecule has 0 spiro atoms. The number of imide groups is 1. The van der Waals surface area contributed by atoms with Gasteiger partial charge in [-0.05, 0) is 24.6 Å². The van der Waals surface area contributed by atoms with Gasteiger partial charge in [0.1, 0.15) is 12.4 Å². The summed E-state index contributed by atoms with van der Waals surface area (Å²) < 4.78 is 32.6. The lowest BCUT2D eigenvalue weighted by Crippen LogP contribution is -2.43. The molecule has 2 heterocycles. The third-order valence-electron chi connectivity index (χ3n) is 4.48. The Morgan fingerprint density at radius 2 is 1.85 bits per heavy atom. The van der Waals surface area contributed by atoms with Gasteiger partial charge in [-0.3, -0.25) is 24.0 Å². The molecule has 1 saturated heterocycles. The summed E-state index contributed by atoms with van der Waals surface area (Å²) in [5.74, 6) is -0.967. The number of piperidine rings is 1. The molecule has 0 saturated carbocycles. The van der Waals surface area contributed by atoms with Gasteiger partial charge in [-0.25, -0.2) is 8.42 Å². The average Bonchev–Trinajstić information content (AvgIpc) is 2.74. The third kappa shape index (κ3) is 4.38. The predicted molar refractivity (Wildman–Crippen MR) is 96.9 cm³/mol. The lowest BCUT2D eigenvalue weighted by Gasteiger charge is -2.24. The van der Waals surface area contributed by atoms with Crippen LogP contribution in [0.4, 0.5) is 5.69 Å². The number of likely N-dealkylation sites (tertiary alicyclic amines) is 1. The van der Waals surface area contributed by atoms with Crippen LogP contribution < -0.4 is 9.46 Å². The van der Waals surface area contributed by atoms with E-state index in [9.17, 15) is 22.8 Å². The molecular weight excluding hydrogens is 374 g/mol. The van der Waals surface area contributed by atoms with E-state index in [4.69, 9.17) is 4.74 Å². The van der Waals surface area contributed by atoms with Crippen molar-refractivity contribution in [3.8, 4) is 5.75 Å². The Morgan fingerprint density at radius 1 is 1.15 bits per heavy atom. The molecule has 0 radical (unpaired) electrons. The molecule has 1 aromatic carbocycles. The maximum absolute atomic E-state index is 12.4. The highest BCUT2D eigenvalue weighted by atomic mass is 32.2. The summed E-state index contributed by atoms with van der Waals surface area (Å²) in [7, 11) is -2.17. The number of fused-ring (bicyclic) bond motifs is 1. The number of carbonyl (C=O) groups is 3. The Morgan fingerprint density at radius 3 is 2.56 bits per heavy atom. The highest BCUT2D eigenvalue weighted by Gasteiger charge is 2.27. The highest BCUT2D eigenvalue weighted by molar-refractivity contribution is 7.92. The van der Waals surface area contributed by atoms with Crippen LogP contribution in [-0.2, 0) is 19.6 Å². The molecule has 9 nitrogen and oxygen atoms in total. The minimum Gasteiger partial charge on any atom is -0.491 e. The first-order chi connectivity index (χ1) is 12.8. The minimum absolute atomic E-state index is 0.192. The van der Waals surface area contributed by atoms with Gasteiger partial charge in [-0.15, -0.1) is 0 Å². The van der Waals surface area contributed by atoms with Crippen molar-refractivity contribution in [2.75, 3.05) is 37.2 Å². The molecule has 1 aromatic rings. The zero-order chi connectivity index (χ0) is 19.6. The molecule has 3 rings (SSSR count). The van der Waals surface area contributed by atoms with Gasteiger partial charge in [-0.1, -0.05) is 0 Å². The molecule has 10 heteroatoms. The van der Waals surface area contributed by atoms with Crippen LogP contribution in [0.25, 0.3) is 0 Å². The molecule has 1 N–H and O–H groups in total. The summed E-state index contributed by atoms with van der Waals surface area (Å²) >= 11 is 0. The summed E-state index contributed by atoms with van der Waals surface area (Å²) in [5, 5.41) is 0. The molecule has 3 amide bonds. The first kappa shape index (κ1) is 19.2. The fourth-order valence-electron chi connectivity index (χ4n) is 2.98. The number of hydrogen-bond acceptors (Lipinski definition) is 6. The third-order valence-corrected chi connectivity index (χ3v) is 5.75. The number of rotatable bonds is 5. The van der Waals surface area contributed by atoms with Gasteiger partial charge in [0, 0.05) is 32.1 Å². The Kier molecular flexibility index (Phi) is 5.36. The molecule has 0 unspecified atom stereocenters. The van der Waals surface area contributed by atoms with Crippen LogP contribution >= 0.6 is 0 Å². The van der Waals surface area contributed by atoms with Crippen molar-refractivity contribution < 1.29 is 27.5 Å². The number of benzene rings is 1. The fourth-order valence-corrected chi connectivity index (χ4v) is 3.99. The first-order valence-corrected chi connectivity index (χ1v) is 10.3. The van der Waals surface area contributed by atoms with Crippen molar-refractivity contribution in [2.45, 2.75) is 19.3 Å². The van der Waals surface area contributed by atoms with Crippen LogP contribution in [0.3, 0.4) is 0 Å². The molecule has 2 aliphatic rings. The molecular formula is C17H21N3O6S. The molecule has 0 atom stereocenters. The van der Waals surface area contributed by atoms with Crippen molar-refractivity contribution in [1.82, 2.24) is 9.80 Å². The first-order valence-electron chi connectivity index (χ1n) is 8.63. The smallest absolute Gasteiger partial charge is 0.257 e. The Labute approximate surface area is 157 Å². The van der Waals surface area contributed by atoms with E-state index >= 15 is 0 Å². The monoisotopic (exact) mass is 395 g/mol. The van der Waals surface area contributed by atoms with Crippen molar-refractivity contribution in [1.29, 1.82) is 0 Å². The van der Waals surface area contributed by atoms with E-state index < -0.39 is 15.8 Å². The zero-order valence-electron chi connectivity index (χ0n) is 14.9. The largest absolute Gasteiger partial charge is 0.491 e. The number of ether oxygens (including phenoxy) is 1. The molecule has 0 aromatic heterocycles. The van der Waals surface area contributed by atoms with Crippen LogP contribution in [0.5, 0.6) is 5.75 Å². The van der Waals surface area contributed by atoms with E-state index in [2.05, 4.69) is 4.72 Å². The van der Waals surface area contributed by atoms with E-state index in [0.717, 1.165) is 4.90 Å². The number of sulfonamides is 1. The average molecular weight is 395 g/mol. The molecule has 1 fully saturated rings. The van der Waals surface area contributed by atoms with Gasteiger partial charge in [0.15, 0.2) is 0 Å². The van der Waals surface area contributed by atoms with Crippen LogP contribution in [0.2, 0.25) is 0 Å². The number of carbonyl (C=O) groups excluding carboxylic acids is 3. The highest BCUT2D eigenvalue weighted by Crippen LogP contribution is 2.26. The van der Waals surface area contributed by atoms with Crippen LogP contribution in [0.15, 0.2) is 18.2 Å². The van der Waals surface area contributed by atoms with Crippen molar-refractivity contribution >= 4 is 33.4 Å². The predicted octanol–water partition coefficient (Wildman–Crippen LogP) is 0.432. The SMILES string of the molecule is CN1CCOc2ccc(NS(=O)(=O)CCN3C(=O)CCCC3=O)cc2C1=O. The zero-order valence-corrected chi connectivity index (χ0v) is 15.8. The summed E-state index contributed by atoms with van der Waals surface area (Å²) in [6.45, 7) is 0.605. The molecule has 27 heavy (non-hydrogen) atoms. The van der Waals surface area contributed by atoms with Crippen molar-refractivity contribution in [3.05, 3.63) is 23.8 Å². The topological polar surface area (TPSA) is 113 Å². The Balaban J connectivity index is 1.71. The maximum atomic E-state index is 12.4. The number of nitrogens with one attached hydrogen (secondary N) is 1. The van der Waals surface area contributed by atoms with E-state index in [0.29, 0.717) is 25.3 Å². The Bertz CT molecular complexity index is 867. The summed E-state index contributed by atoms with van der Waals surface area (Å²) in [6.07, 6.45) is 0.998.